The molecule has 0 spiro atoms. The van der Waals surface area contributed by atoms with Crippen LogP contribution >= 0.6 is 15.9 Å². The molecule has 2 rings (SSSR count). The number of hydrogen-bond donors (Lipinski definition) is 1. The summed E-state index contributed by atoms with van der Waals surface area (Å²) in [6.07, 6.45) is 3.90. The molecule has 0 heterocycles. The zero-order chi connectivity index (χ0) is 12.8. The van der Waals surface area contributed by atoms with E-state index in [-0.39, 0.29) is 0 Å². The summed E-state index contributed by atoms with van der Waals surface area (Å²) in [5.74, 6) is 0.921. The van der Waals surface area contributed by atoms with Crippen LogP contribution in [0.25, 0.3) is 0 Å². The van der Waals surface area contributed by atoms with E-state index in [4.69, 9.17) is 10.00 Å². The van der Waals surface area contributed by atoms with Crippen molar-refractivity contribution in [3.05, 3.63) is 28.2 Å². The minimum Gasteiger partial charge on any atom is -0.493 e. The van der Waals surface area contributed by atoms with Gasteiger partial charge in [-0.15, -0.1) is 0 Å². The van der Waals surface area contributed by atoms with Gasteiger partial charge in [0.05, 0.1) is 12.7 Å². The van der Waals surface area contributed by atoms with Crippen molar-refractivity contribution in [2.45, 2.75) is 38.3 Å². The molecular formula is C14H17BrN2O. The molecule has 0 amide bonds. The maximum atomic E-state index is 8.48. The third kappa shape index (κ3) is 4.32. The van der Waals surface area contributed by atoms with Crippen molar-refractivity contribution in [3.8, 4) is 11.8 Å². The number of nitrogens with one attached hydrogen (secondary N) is 1. The first-order valence-electron chi connectivity index (χ1n) is 6.31. The molecule has 0 aromatic heterocycles. The molecule has 18 heavy (non-hydrogen) atoms. The number of ether oxygens (including phenoxy) is 1. The maximum absolute atomic E-state index is 8.48. The van der Waals surface area contributed by atoms with E-state index in [9.17, 15) is 0 Å². The van der Waals surface area contributed by atoms with Crippen molar-refractivity contribution in [1.82, 2.24) is 5.32 Å². The Morgan fingerprint density at radius 1 is 1.44 bits per heavy atom. The minimum absolute atomic E-state index is 0.548. The Balaban J connectivity index is 1.91. The topological polar surface area (TPSA) is 45.0 Å². The summed E-state index contributed by atoms with van der Waals surface area (Å²) in [6.45, 7) is 1.45. The van der Waals surface area contributed by atoms with E-state index in [0.717, 1.165) is 23.2 Å². The molecule has 0 atom stereocenters. The second-order valence-corrected chi connectivity index (χ2v) is 5.43. The second-order valence-electron chi connectivity index (χ2n) is 4.52. The average molecular weight is 309 g/mol. The highest BCUT2D eigenvalue weighted by molar-refractivity contribution is 9.10. The third-order valence-corrected chi connectivity index (χ3v) is 3.36. The van der Waals surface area contributed by atoms with E-state index in [1.165, 1.54) is 18.4 Å². The number of rotatable bonds is 7. The van der Waals surface area contributed by atoms with E-state index in [1.54, 1.807) is 0 Å². The Labute approximate surface area is 116 Å². The lowest BCUT2D eigenvalue weighted by Gasteiger charge is -2.12. The third-order valence-electron chi connectivity index (χ3n) is 2.87. The summed E-state index contributed by atoms with van der Waals surface area (Å²) < 4.78 is 6.80. The molecule has 1 saturated carbocycles. The van der Waals surface area contributed by atoms with Gasteiger partial charge in [-0.1, -0.05) is 15.9 Å². The summed E-state index contributed by atoms with van der Waals surface area (Å²) in [5, 5.41) is 12.0. The normalized spacial score (nSPS) is 14.2. The summed E-state index contributed by atoms with van der Waals surface area (Å²) in [7, 11) is 0. The number of unbranched alkanes of at least 4 members (excludes halogenated alkanes) is 1. The predicted molar refractivity (Wildman–Crippen MR) is 74.3 cm³/mol. The Bertz CT molecular complexity index is 438. The average Bonchev–Trinajstić information content (AvgIpc) is 3.18. The van der Waals surface area contributed by atoms with Crippen LogP contribution in [0.15, 0.2) is 22.7 Å². The van der Waals surface area contributed by atoms with Gasteiger partial charge >= 0.3 is 0 Å². The van der Waals surface area contributed by atoms with Crippen LogP contribution in [-0.2, 0) is 6.54 Å². The number of benzene rings is 1. The standard InChI is InChI=1S/C14H17BrN2O/c15-12-3-6-14(18-8-2-1-7-16)11(9-12)10-17-13-4-5-13/h3,6,9,13,17H,1-2,4-5,8,10H2. The first-order valence-corrected chi connectivity index (χ1v) is 7.10. The Morgan fingerprint density at radius 3 is 3.00 bits per heavy atom. The molecule has 0 radical (unpaired) electrons. The monoisotopic (exact) mass is 308 g/mol. The number of nitrogens with zero attached hydrogens (tertiary/aromatic N) is 1. The van der Waals surface area contributed by atoms with Gasteiger partial charge in [0.2, 0.25) is 0 Å². The fourth-order valence-corrected chi connectivity index (χ4v) is 2.11. The van der Waals surface area contributed by atoms with Crippen molar-refractivity contribution in [2.24, 2.45) is 0 Å². The SMILES string of the molecule is N#CCCCOc1ccc(Br)cc1CNC1CC1. The van der Waals surface area contributed by atoms with E-state index in [0.29, 0.717) is 19.1 Å². The van der Waals surface area contributed by atoms with E-state index >= 15 is 0 Å². The van der Waals surface area contributed by atoms with Crippen molar-refractivity contribution in [2.75, 3.05) is 6.61 Å². The lowest BCUT2D eigenvalue weighted by Crippen LogP contribution is -2.16. The molecule has 1 aliphatic carbocycles. The van der Waals surface area contributed by atoms with Crippen molar-refractivity contribution >= 4 is 15.9 Å². The van der Waals surface area contributed by atoms with Gasteiger partial charge in [-0.05, 0) is 37.5 Å². The molecule has 0 bridgehead atoms. The largest absolute Gasteiger partial charge is 0.493 e. The van der Waals surface area contributed by atoms with Gasteiger partial charge in [-0.25, -0.2) is 0 Å². The molecule has 0 unspecified atom stereocenters. The fraction of sp³-hybridized carbons (Fsp3) is 0.500. The lowest BCUT2D eigenvalue weighted by atomic mass is 10.2. The van der Waals surface area contributed by atoms with Gasteiger partial charge < -0.3 is 10.1 Å². The maximum Gasteiger partial charge on any atom is 0.123 e. The highest BCUT2D eigenvalue weighted by Crippen LogP contribution is 2.25. The summed E-state index contributed by atoms with van der Waals surface area (Å²) in [5.41, 5.74) is 1.17. The van der Waals surface area contributed by atoms with Crippen molar-refractivity contribution in [3.63, 3.8) is 0 Å². The van der Waals surface area contributed by atoms with E-state index < -0.39 is 0 Å². The number of nitriles is 1. The predicted octanol–water partition coefficient (Wildman–Crippen LogP) is 3.38. The van der Waals surface area contributed by atoms with Gasteiger partial charge in [0, 0.05) is 29.0 Å². The number of hydrogen-bond acceptors (Lipinski definition) is 3. The molecule has 1 aromatic rings. The van der Waals surface area contributed by atoms with Gasteiger partial charge in [-0.2, -0.15) is 5.26 Å². The molecule has 1 N–H and O–H groups in total. The van der Waals surface area contributed by atoms with Gasteiger partial charge in [0.1, 0.15) is 5.75 Å². The van der Waals surface area contributed by atoms with Gasteiger partial charge in [0.15, 0.2) is 0 Å². The zero-order valence-electron chi connectivity index (χ0n) is 10.3. The molecule has 96 valence electrons. The zero-order valence-corrected chi connectivity index (χ0v) is 11.9. The van der Waals surface area contributed by atoms with E-state index in [2.05, 4.69) is 33.4 Å². The van der Waals surface area contributed by atoms with Gasteiger partial charge in [-0.3, -0.25) is 0 Å². The Kier molecular flexibility index (Phi) is 5.03. The molecular weight excluding hydrogens is 292 g/mol. The van der Waals surface area contributed by atoms with E-state index in [1.807, 2.05) is 12.1 Å². The van der Waals surface area contributed by atoms with Crippen LogP contribution in [0.4, 0.5) is 0 Å². The minimum atomic E-state index is 0.548. The molecule has 1 aliphatic rings. The molecule has 4 heteroatoms. The quantitative estimate of drug-likeness (QED) is 0.785. The van der Waals surface area contributed by atoms with Crippen molar-refractivity contribution in [1.29, 1.82) is 5.26 Å². The summed E-state index contributed by atoms with van der Waals surface area (Å²) in [4.78, 5) is 0. The second kappa shape index (κ2) is 6.77. The smallest absolute Gasteiger partial charge is 0.123 e. The van der Waals surface area contributed by atoms with Crippen LogP contribution in [0.5, 0.6) is 5.75 Å². The molecule has 0 saturated heterocycles. The summed E-state index contributed by atoms with van der Waals surface area (Å²) >= 11 is 3.49. The molecule has 1 fully saturated rings. The Morgan fingerprint density at radius 2 is 2.28 bits per heavy atom. The number of halogens is 1. The van der Waals surface area contributed by atoms with Crippen LogP contribution < -0.4 is 10.1 Å². The van der Waals surface area contributed by atoms with Gasteiger partial charge in [0.25, 0.3) is 0 Å². The lowest BCUT2D eigenvalue weighted by molar-refractivity contribution is 0.308. The molecule has 0 aliphatic heterocycles. The highest BCUT2D eigenvalue weighted by Gasteiger charge is 2.20. The van der Waals surface area contributed by atoms with Crippen LogP contribution in [-0.4, -0.2) is 12.6 Å². The van der Waals surface area contributed by atoms with Crippen LogP contribution in [0.3, 0.4) is 0 Å². The van der Waals surface area contributed by atoms with Crippen molar-refractivity contribution < 1.29 is 4.74 Å². The highest BCUT2D eigenvalue weighted by atomic mass is 79.9. The Hall–Kier alpha value is -1.05. The molecule has 3 nitrogen and oxygen atoms in total. The first kappa shape index (κ1) is 13.4. The first-order chi connectivity index (χ1) is 8.79. The summed E-state index contributed by atoms with van der Waals surface area (Å²) in [6, 6.07) is 8.88. The van der Waals surface area contributed by atoms with Crippen LogP contribution in [0.2, 0.25) is 0 Å². The van der Waals surface area contributed by atoms with Crippen LogP contribution in [0.1, 0.15) is 31.2 Å². The van der Waals surface area contributed by atoms with Crippen LogP contribution in [0, 0.1) is 11.3 Å². The fourth-order valence-electron chi connectivity index (χ4n) is 1.70. The molecule has 1 aromatic carbocycles.